The van der Waals surface area contributed by atoms with Gasteiger partial charge in [-0.25, -0.2) is 4.79 Å². The number of rotatable bonds is 8. The van der Waals surface area contributed by atoms with Crippen LogP contribution in [0.2, 0.25) is 0 Å². The molecule has 0 spiro atoms. The first-order valence-electron chi connectivity index (χ1n) is 11.2. The van der Waals surface area contributed by atoms with Gasteiger partial charge < -0.3 is 20.3 Å². The fraction of sp³-hybridized carbons (Fsp3) is 0.625. The van der Waals surface area contributed by atoms with E-state index in [9.17, 15) is 14.4 Å². The van der Waals surface area contributed by atoms with E-state index < -0.39 is 17.7 Å². The van der Waals surface area contributed by atoms with Gasteiger partial charge in [0.1, 0.15) is 18.2 Å². The first kappa shape index (κ1) is 24.7. The summed E-state index contributed by atoms with van der Waals surface area (Å²) in [5, 5.41) is 5.50. The number of carbonyl (C=O) groups is 3. The SMILES string of the molecule is CCc1ccc(C(C(=O)NC(C)C)N(C(=O)CNC(=O)OC(C)(C)C)C2CCC2)cc1. The van der Waals surface area contributed by atoms with Gasteiger partial charge in [0.05, 0.1) is 0 Å². The highest BCUT2D eigenvalue weighted by Crippen LogP contribution is 2.33. The van der Waals surface area contributed by atoms with Gasteiger partial charge >= 0.3 is 6.09 Å². The molecule has 1 atom stereocenters. The second-order valence-electron chi connectivity index (χ2n) is 9.40. The van der Waals surface area contributed by atoms with Crippen LogP contribution in [-0.2, 0) is 20.7 Å². The topological polar surface area (TPSA) is 87.7 Å². The molecule has 1 fully saturated rings. The van der Waals surface area contributed by atoms with Crippen LogP contribution in [0.5, 0.6) is 0 Å². The van der Waals surface area contributed by atoms with E-state index in [4.69, 9.17) is 4.74 Å². The molecule has 1 aliphatic rings. The Morgan fingerprint density at radius 1 is 1.13 bits per heavy atom. The molecule has 0 heterocycles. The lowest BCUT2D eigenvalue weighted by atomic mass is 9.88. The van der Waals surface area contributed by atoms with Crippen molar-refractivity contribution in [2.24, 2.45) is 0 Å². The molecule has 0 bridgehead atoms. The molecule has 1 saturated carbocycles. The monoisotopic (exact) mass is 431 g/mol. The minimum Gasteiger partial charge on any atom is -0.444 e. The highest BCUT2D eigenvalue weighted by molar-refractivity contribution is 5.90. The number of nitrogens with one attached hydrogen (secondary N) is 2. The molecule has 0 radical (unpaired) electrons. The summed E-state index contributed by atoms with van der Waals surface area (Å²) >= 11 is 0. The van der Waals surface area contributed by atoms with Gasteiger partial charge in [-0.3, -0.25) is 9.59 Å². The predicted octanol–water partition coefficient (Wildman–Crippen LogP) is 3.72. The fourth-order valence-electron chi connectivity index (χ4n) is 3.51. The highest BCUT2D eigenvalue weighted by Gasteiger charge is 2.39. The van der Waals surface area contributed by atoms with E-state index in [1.165, 1.54) is 5.56 Å². The fourth-order valence-corrected chi connectivity index (χ4v) is 3.51. The van der Waals surface area contributed by atoms with E-state index in [-0.39, 0.29) is 30.4 Å². The maximum atomic E-state index is 13.3. The molecule has 2 rings (SSSR count). The Morgan fingerprint density at radius 3 is 2.19 bits per heavy atom. The number of amides is 3. The number of aryl methyl sites for hydroxylation is 1. The number of ether oxygens (including phenoxy) is 1. The van der Waals surface area contributed by atoms with Crippen LogP contribution >= 0.6 is 0 Å². The Bertz CT molecular complexity index is 764. The number of benzene rings is 1. The molecule has 1 aromatic carbocycles. The smallest absolute Gasteiger partial charge is 0.408 e. The van der Waals surface area contributed by atoms with Crippen molar-refractivity contribution in [2.75, 3.05) is 6.54 Å². The lowest BCUT2D eigenvalue weighted by molar-refractivity contribution is -0.145. The number of hydrogen-bond acceptors (Lipinski definition) is 4. The molecule has 2 N–H and O–H groups in total. The molecule has 1 unspecified atom stereocenters. The molecular weight excluding hydrogens is 394 g/mol. The Morgan fingerprint density at radius 2 is 1.74 bits per heavy atom. The first-order valence-corrected chi connectivity index (χ1v) is 11.2. The Balaban J connectivity index is 2.28. The summed E-state index contributed by atoms with van der Waals surface area (Å²) in [5.74, 6) is -0.504. The van der Waals surface area contributed by atoms with Crippen molar-refractivity contribution in [1.29, 1.82) is 0 Å². The zero-order chi connectivity index (χ0) is 23.2. The number of alkyl carbamates (subject to hydrolysis) is 1. The molecule has 7 nitrogen and oxygen atoms in total. The summed E-state index contributed by atoms with van der Waals surface area (Å²) in [6, 6.07) is 7.00. The Kier molecular flexibility index (Phi) is 8.48. The summed E-state index contributed by atoms with van der Waals surface area (Å²) in [6.45, 7) is 10.9. The van der Waals surface area contributed by atoms with Crippen molar-refractivity contribution in [3.05, 3.63) is 35.4 Å². The van der Waals surface area contributed by atoms with Crippen LogP contribution in [0, 0.1) is 0 Å². The summed E-state index contributed by atoms with van der Waals surface area (Å²) < 4.78 is 5.24. The van der Waals surface area contributed by atoms with Gasteiger partial charge in [0.25, 0.3) is 0 Å². The van der Waals surface area contributed by atoms with Gasteiger partial charge in [0.15, 0.2) is 0 Å². The minimum absolute atomic E-state index is 0.0262. The van der Waals surface area contributed by atoms with Crippen LogP contribution in [-0.4, -0.2) is 47.0 Å². The Hall–Kier alpha value is -2.57. The standard InChI is InChI=1S/C24H37N3O4/c1-7-17-11-13-18(14-12-17)21(22(29)26-16(2)3)27(19-9-8-10-19)20(28)15-25-23(30)31-24(4,5)6/h11-14,16,19,21H,7-10,15H2,1-6H3,(H,25,30)(H,26,29). The molecule has 0 aliphatic heterocycles. The first-order chi connectivity index (χ1) is 14.5. The maximum absolute atomic E-state index is 13.3. The van der Waals surface area contributed by atoms with Gasteiger partial charge in [-0.15, -0.1) is 0 Å². The van der Waals surface area contributed by atoms with Crippen LogP contribution < -0.4 is 10.6 Å². The van der Waals surface area contributed by atoms with Crippen molar-refractivity contribution in [3.63, 3.8) is 0 Å². The van der Waals surface area contributed by atoms with Gasteiger partial charge in [-0.1, -0.05) is 31.2 Å². The van der Waals surface area contributed by atoms with Gasteiger partial charge in [-0.05, 0) is 71.4 Å². The van der Waals surface area contributed by atoms with E-state index in [0.29, 0.717) is 0 Å². The maximum Gasteiger partial charge on any atom is 0.408 e. The van der Waals surface area contributed by atoms with Crippen molar-refractivity contribution >= 4 is 17.9 Å². The molecule has 0 aromatic heterocycles. The van der Waals surface area contributed by atoms with Crippen molar-refractivity contribution in [3.8, 4) is 0 Å². The molecule has 7 heteroatoms. The molecule has 1 aliphatic carbocycles. The van der Waals surface area contributed by atoms with Crippen LogP contribution in [0.25, 0.3) is 0 Å². The second kappa shape index (κ2) is 10.6. The third-order valence-electron chi connectivity index (χ3n) is 5.20. The molecule has 31 heavy (non-hydrogen) atoms. The van der Waals surface area contributed by atoms with Crippen LogP contribution in [0.15, 0.2) is 24.3 Å². The van der Waals surface area contributed by atoms with Gasteiger partial charge in [-0.2, -0.15) is 0 Å². The van der Waals surface area contributed by atoms with Crippen molar-refractivity contribution in [1.82, 2.24) is 15.5 Å². The average Bonchev–Trinajstić information content (AvgIpc) is 2.62. The van der Waals surface area contributed by atoms with E-state index in [1.54, 1.807) is 25.7 Å². The second-order valence-corrected chi connectivity index (χ2v) is 9.40. The number of nitrogens with zero attached hydrogens (tertiary/aromatic N) is 1. The number of hydrogen-bond donors (Lipinski definition) is 2. The van der Waals surface area contributed by atoms with Crippen LogP contribution in [0.1, 0.15) is 78.0 Å². The summed E-state index contributed by atoms with van der Waals surface area (Å²) in [7, 11) is 0. The Labute approximate surface area is 185 Å². The summed E-state index contributed by atoms with van der Waals surface area (Å²) in [4.78, 5) is 40.2. The predicted molar refractivity (Wildman–Crippen MR) is 121 cm³/mol. The van der Waals surface area contributed by atoms with Crippen molar-refractivity contribution < 1.29 is 19.1 Å². The molecular formula is C24H37N3O4. The largest absolute Gasteiger partial charge is 0.444 e. The summed E-state index contributed by atoms with van der Waals surface area (Å²) in [5.41, 5.74) is 1.29. The molecule has 0 saturated heterocycles. The average molecular weight is 432 g/mol. The molecule has 3 amide bonds. The van der Waals surface area contributed by atoms with E-state index in [0.717, 1.165) is 31.2 Å². The normalized spacial score (nSPS) is 15.1. The zero-order valence-electron chi connectivity index (χ0n) is 19.7. The lowest BCUT2D eigenvalue weighted by Gasteiger charge is -2.42. The third-order valence-corrected chi connectivity index (χ3v) is 5.20. The van der Waals surface area contributed by atoms with Crippen LogP contribution in [0.4, 0.5) is 4.79 Å². The van der Waals surface area contributed by atoms with Gasteiger partial charge in [0, 0.05) is 12.1 Å². The minimum atomic E-state index is -0.744. The van der Waals surface area contributed by atoms with E-state index >= 15 is 0 Å². The van der Waals surface area contributed by atoms with E-state index in [1.807, 2.05) is 38.1 Å². The lowest BCUT2D eigenvalue weighted by Crippen LogP contribution is -2.54. The van der Waals surface area contributed by atoms with Crippen molar-refractivity contribution in [2.45, 2.75) is 91.0 Å². The third kappa shape index (κ3) is 7.26. The van der Waals surface area contributed by atoms with Crippen LogP contribution in [0.3, 0.4) is 0 Å². The van der Waals surface area contributed by atoms with Gasteiger partial charge in [0.2, 0.25) is 11.8 Å². The van der Waals surface area contributed by atoms with E-state index in [2.05, 4.69) is 17.6 Å². The zero-order valence-corrected chi connectivity index (χ0v) is 19.7. The summed E-state index contributed by atoms with van der Waals surface area (Å²) in [6.07, 6.45) is 2.95. The molecule has 172 valence electrons. The number of carbonyl (C=O) groups excluding carboxylic acids is 3. The molecule has 1 aromatic rings. The highest BCUT2D eigenvalue weighted by atomic mass is 16.6. The quantitative estimate of drug-likeness (QED) is 0.657.